The summed E-state index contributed by atoms with van der Waals surface area (Å²) >= 11 is 5.79. The minimum absolute atomic E-state index is 0.00569. The number of hydrogen-bond acceptors (Lipinski definition) is 4. The highest BCUT2D eigenvalue weighted by molar-refractivity contribution is 6.30. The van der Waals surface area contributed by atoms with Crippen LogP contribution in [0.15, 0.2) is 18.2 Å². The summed E-state index contributed by atoms with van der Waals surface area (Å²) < 4.78 is 0. The van der Waals surface area contributed by atoms with E-state index >= 15 is 0 Å². The SMILES string of the molecule is O=[N+]([O-])c1cc(Cl)ccc1NCC1CCCCC1CO. The van der Waals surface area contributed by atoms with Crippen molar-refractivity contribution in [3.8, 4) is 0 Å². The third-order valence-electron chi connectivity index (χ3n) is 4.01. The molecule has 2 atom stereocenters. The van der Waals surface area contributed by atoms with Crippen LogP contribution in [0.25, 0.3) is 0 Å². The van der Waals surface area contributed by atoms with E-state index in [9.17, 15) is 15.2 Å². The quantitative estimate of drug-likeness (QED) is 0.645. The van der Waals surface area contributed by atoms with Gasteiger partial charge in [-0.2, -0.15) is 0 Å². The van der Waals surface area contributed by atoms with Gasteiger partial charge >= 0.3 is 0 Å². The predicted octanol–water partition coefficient (Wildman–Crippen LogP) is 3.46. The van der Waals surface area contributed by atoms with Gasteiger partial charge in [-0.25, -0.2) is 0 Å². The van der Waals surface area contributed by atoms with Crippen molar-refractivity contribution >= 4 is 23.0 Å². The zero-order chi connectivity index (χ0) is 14.5. The second-order valence-electron chi connectivity index (χ2n) is 5.29. The Bertz CT molecular complexity index is 481. The fourth-order valence-corrected chi connectivity index (χ4v) is 3.01. The van der Waals surface area contributed by atoms with Crippen LogP contribution in [0.4, 0.5) is 11.4 Å². The number of nitrogens with one attached hydrogen (secondary N) is 1. The fraction of sp³-hybridized carbons (Fsp3) is 0.571. The lowest BCUT2D eigenvalue weighted by molar-refractivity contribution is -0.383. The van der Waals surface area contributed by atoms with E-state index < -0.39 is 4.92 Å². The molecule has 1 aliphatic carbocycles. The summed E-state index contributed by atoms with van der Waals surface area (Å²) in [5.41, 5.74) is 0.482. The molecule has 0 radical (unpaired) electrons. The first-order valence-corrected chi connectivity index (χ1v) is 7.28. The molecular weight excluding hydrogens is 280 g/mol. The number of aliphatic hydroxyl groups excluding tert-OH is 1. The average Bonchev–Trinajstić information content (AvgIpc) is 2.46. The third kappa shape index (κ3) is 3.61. The molecule has 2 unspecified atom stereocenters. The predicted molar refractivity (Wildman–Crippen MR) is 79.1 cm³/mol. The van der Waals surface area contributed by atoms with Gasteiger partial charge in [-0.3, -0.25) is 10.1 Å². The van der Waals surface area contributed by atoms with Crippen LogP contribution < -0.4 is 5.32 Å². The minimum Gasteiger partial charge on any atom is -0.396 e. The molecule has 0 spiro atoms. The van der Waals surface area contributed by atoms with Crippen LogP contribution in [0.2, 0.25) is 5.02 Å². The van der Waals surface area contributed by atoms with Gasteiger partial charge in [-0.1, -0.05) is 24.4 Å². The first-order chi connectivity index (χ1) is 9.61. The maximum atomic E-state index is 11.0. The molecule has 1 aromatic carbocycles. The summed E-state index contributed by atoms with van der Waals surface area (Å²) in [5.74, 6) is 0.659. The van der Waals surface area contributed by atoms with E-state index in [0.29, 0.717) is 29.1 Å². The van der Waals surface area contributed by atoms with Crippen LogP contribution in [-0.4, -0.2) is 23.2 Å². The Kier molecular flexibility index (Phi) is 5.20. The monoisotopic (exact) mass is 298 g/mol. The van der Waals surface area contributed by atoms with Gasteiger partial charge in [0.15, 0.2) is 0 Å². The van der Waals surface area contributed by atoms with E-state index in [1.54, 1.807) is 12.1 Å². The lowest BCUT2D eigenvalue weighted by atomic mass is 9.79. The highest BCUT2D eigenvalue weighted by Crippen LogP contribution is 2.32. The lowest BCUT2D eigenvalue weighted by Gasteiger charge is -2.30. The van der Waals surface area contributed by atoms with Crippen LogP contribution in [0.5, 0.6) is 0 Å². The zero-order valence-electron chi connectivity index (χ0n) is 11.2. The Hall–Kier alpha value is -1.33. The van der Waals surface area contributed by atoms with Gasteiger partial charge in [-0.05, 0) is 36.8 Å². The molecule has 2 rings (SSSR count). The number of hydrogen-bond donors (Lipinski definition) is 2. The molecule has 0 heterocycles. The summed E-state index contributed by atoms with van der Waals surface area (Å²) in [5, 5.41) is 23.9. The Morgan fingerprint density at radius 2 is 2.05 bits per heavy atom. The van der Waals surface area contributed by atoms with Crippen molar-refractivity contribution in [1.29, 1.82) is 0 Å². The van der Waals surface area contributed by atoms with Gasteiger partial charge in [0.1, 0.15) is 5.69 Å². The van der Waals surface area contributed by atoms with Crippen molar-refractivity contribution in [2.45, 2.75) is 25.7 Å². The van der Waals surface area contributed by atoms with Crippen molar-refractivity contribution in [1.82, 2.24) is 0 Å². The van der Waals surface area contributed by atoms with Gasteiger partial charge in [0.2, 0.25) is 0 Å². The molecule has 20 heavy (non-hydrogen) atoms. The average molecular weight is 299 g/mol. The minimum atomic E-state index is -0.432. The molecular formula is C14H19ClN2O3. The van der Waals surface area contributed by atoms with E-state index in [-0.39, 0.29) is 12.3 Å². The normalized spacial score (nSPS) is 22.5. The topological polar surface area (TPSA) is 75.4 Å². The fourth-order valence-electron chi connectivity index (χ4n) is 2.84. The number of nitro benzene ring substituents is 1. The molecule has 110 valence electrons. The highest BCUT2D eigenvalue weighted by Gasteiger charge is 2.25. The molecule has 2 N–H and O–H groups in total. The Balaban J connectivity index is 2.04. The van der Waals surface area contributed by atoms with E-state index in [1.165, 1.54) is 6.07 Å². The Labute approximate surface area is 123 Å². The molecule has 1 saturated carbocycles. The lowest BCUT2D eigenvalue weighted by Crippen LogP contribution is -2.28. The van der Waals surface area contributed by atoms with Crippen LogP contribution in [0.1, 0.15) is 25.7 Å². The smallest absolute Gasteiger partial charge is 0.293 e. The number of benzene rings is 1. The standard InChI is InChI=1S/C14H19ClN2O3/c15-12-5-6-13(14(7-12)17(19)20)16-8-10-3-1-2-4-11(10)9-18/h5-7,10-11,16,18H,1-4,8-9H2. The molecule has 0 aliphatic heterocycles. The number of halogens is 1. The van der Waals surface area contributed by atoms with Crippen LogP contribution in [0, 0.1) is 22.0 Å². The van der Waals surface area contributed by atoms with Crippen LogP contribution in [-0.2, 0) is 0 Å². The van der Waals surface area contributed by atoms with Crippen LogP contribution >= 0.6 is 11.6 Å². The van der Waals surface area contributed by atoms with Crippen LogP contribution in [0.3, 0.4) is 0 Å². The summed E-state index contributed by atoms with van der Waals surface area (Å²) in [6.45, 7) is 0.836. The molecule has 0 aromatic heterocycles. The number of anilines is 1. The van der Waals surface area contributed by atoms with Gasteiger partial charge in [0.05, 0.1) is 4.92 Å². The molecule has 5 nitrogen and oxygen atoms in total. The Morgan fingerprint density at radius 1 is 1.35 bits per heavy atom. The first-order valence-electron chi connectivity index (χ1n) is 6.90. The molecule has 1 aliphatic rings. The molecule has 1 fully saturated rings. The van der Waals surface area contributed by atoms with Gasteiger partial charge in [0.25, 0.3) is 5.69 Å². The van der Waals surface area contributed by atoms with Crippen molar-refractivity contribution in [3.63, 3.8) is 0 Å². The van der Waals surface area contributed by atoms with E-state index in [4.69, 9.17) is 11.6 Å². The Morgan fingerprint density at radius 3 is 2.70 bits per heavy atom. The number of nitrogens with zero attached hydrogens (tertiary/aromatic N) is 1. The van der Waals surface area contributed by atoms with Crippen molar-refractivity contribution < 1.29 is 10.0 Å². The summed E-state index contributed by atoms with van der Waals surface area (Å²) in [6.07, 6.45) is 4.40. The number of nitro groups is 1. The molecule has 0 saturated heterocycles. The van der Waals surface area contributed by atoms with E-state index in [0.717, 1.165) is 25.7 Å². The van der Waals surface area contributed by atoms with Gasteiger partial charge in [0, 0.05) is 24.2 Å². The third-order valence-corrected chi connectivity index (χ3v) is 4.25. The first kappa shape index (κ1) is 15.1. The van der Waals surface area contributed by atoms with Crippen molar-refractivity contribution in [2.75, 3.05) is 18.5 Å². The number of aliphatic hydroxyl groups is 1. The molecule has 0 bridgehead atoms. The van der Waals surface area contributed by atoms with Gasteiger partial charge < -0.3 is 10.4 Å². The molecule has 1 aromatic rings. The summed E-state index contributed by atoms with van der Waals surface area (Å²) in [7, 11) is 0. The summed E-state index contributed by atoms with van der Waals surface area (Å²) in [6, 6.07) is 4.63. The maximum absolute atomic E-state index is 11.0. The van der Waals surface area contributed by atoms with Crippen molar-refractivity contribution in [2.24, 2.45) is 11.8 Å². The second-order valence-corrected chi connectivity index (χ2v) is 5.72. The molecule has 6 heteroatoms. The van der Waals surface area contributed by atoms with E-state index in [2.05, 4.69) is 5.32 Å². The largest absolute Gasteiger partial charge is 0.396 e. The maximum Gasteiger partial charge on any atom is 0.293 e. The second kappa shape index (κ2) is 6.90. The number of rotatable bonds is 5. The van der Waals surface area contributed by atoms with Gasteiger partial charge in [-0.15, -0.1) is 0 Å². The van der Waals surface area contributed by atoms with Crippen molar-refractivity contribution in [3.05, 3.63) is 33.3 Å². The van der Waals surface area contributed by atoms with E-state index in [1.807, 2.05) is 0 Å². The molecule has 0 amide bonds. The summed E-state index contributed by atoms with van der Waals surface area (Å²) in [4.78, 5) is 10.6. The highest BCUT2D eigenvalue weighted by atomic mass is 35.5. The zero-order valence-corrected chi connectivity index (χ0v) is 12.0.